The predicted molar refractivity (Wildman–Crippen MR) is 68.6 cm³/mol. The van der Waals surface area contributed by atoms with E-state index in [1.165, 1.54) is 24.1 Å². The van der Waals surface area contributed by atoms with Crippen LogP contribution in [0.5, 0.6) is 0 Å². The summed E-state index contributed by atoms with van der Waals surface area (Å²) in [5.74, 6) is 0. The van der Waals surface area contributed by atoms with E-state index in [-0.39, 0.29) is 0 Å². The van der Waals surface area contributed by atoms with Crippen molar-refractivity contribution in [3.63, 3.8) is 0 Å². The molecular formula is C11H8INS. The molecule has 1 aromatic heterocycles. The van der Waals surface area contributed by atoms with Crippen molar-refractivity contribution in [1.82, 2.24) is 0 Å². The van der Waals surface area contributed by atoms with Crippen LogP contribution in [-0.2, 0) is 6.42 Å². The molecule has 0 N–H and O–H groups in total. The Morgan fingerprint density at radius 2 is 2.29 bits per heavy atom. The predicted octanol–water partition coefficient (Wildman–Crippen LogP) is 3.88. The third-order valence-electron chi connectivity index (χ3n) is 2.22. The largest absolute Gasteiger partial charge is 0.198 e. The second kappa shape index (κ2) is 3.87. The summed E-state index contributed by atoms with van der Waals surface area (Å²) in [6, 6.07) is 8.51. The monoisotopic (exact) mass is 313 g/mol. The molecule has 1 aromatic carbocycles. The van der Waals surface area contributed by atoms with Gasteiger partial charge in [-0.25, -0.2) is 0 Å². The zero-order valence-electron chi connectivity index (χ0n) is 7.67. The molecule has 0 aliphatic carbocycles. The molecule has 70 valence electrons. The molecular weight excluding hydrogens is 305 g/mol. The number of fused-ring (bicyclic) bond motifs is 1. The summed E-state index contributed by atoms with van der Waals surface area (Å²) >= 11 is 4.11. The Morgan fingerprint density at radius 3 is 3.00 bits per heavy atom. The molecule has 0 amide bonds. The fourth-order valence-electron chi connectivity index (χ4n) is 1.58. The number of aryl methyl sites for hydroxylation is 1. The summed E-state index contributed by atoms with van der Waals surface area (Å²) in [6.45, 7) is 2.09. The van der Waals surface area contributed by atoms with E-state index < -0.39 is 0 Å². The maximum absolute atomic E-state index is 8.77. The van der Waals surface area contributed by atoms with Gasteiger partial charge in [-0.15, -0.1) is 11.3 Å². The van der Waals surface area contributed by atoms with Crippen LogP contribution >= 0.6 is 33.9 Å². The van der Waals surface area contributed by atoms with Crippen molar-refractivity contribution in [3.8, 4) is 6.07 Å². The van der Waals surface area contributed by atoms with Crippen LogP contribution in [0.4, 0.5) is 0 Å². The van der Waals surface area contributed by atoms with Crippen LogP contribution in [0.15, 0.2) is 18.2 Å². The molecule has 1 heterocycles. The van der Waals surface area contributed by atoms with Gasteiger partial charge in [0.15, 0.2) is 0 Å². The van der Waals surface area contributed by atoms with Gasteiger partial charge in [-0.05, 0) is 47.2 Å². The lowest BCUT2D eigenvalue weighted by molar-refractivity contribution is 1.27. The Bertz CT molecular complexity index is 522. The van der Waals surface area contributed by atoms with E-state index in [1.807, 2.05) is 0 Å². The maximum Gasteiger partial charge on any atom is 0.0670 e. The highest BCUT2D eigenvalue weighted by Gasteiger charge is 2.10. The van der Waals surface area contributed by atoms with Crippen molar-refractivity contribution >= 4 is 44.0 Å². The molecule has 0 spiro atoms. The van der Waals surface area contributed by atoms with Crippen molar-refractivity contribution in [2.45, 2.75) is 13.3 Å². The van der Waals surface area contributed by atoms with Gasteiger partial charge in [-0.2, -0.15) is 5.26 Å². The molecule has 0 aliphatic rings. The van der Waals surface area contributed by atoms with Crippen molar-refractivity contribution in [2.75, 3.05) is 0 Å². The topological polar surface area (TPSA) is 23.8 Å². The molecule has 0 fully saturated rings. The van der Waals surface area contributed by atoms with Gasteiger partial charge in [0.1, 0.15) is 0 Å². The van der Waals surface area contributed by atoms with Gasteiger partial charge in [0.2, 0.25) is 0 Å². The third-order valence-corrected chi connectivity index (χ3v) is 4.23. The quantitative estimate of drug-likeness (QED) is 0.733. The summed E-state index contributed by atoms with van der Waals surface area (Å²) in [6.07, 6.45) is 0.520. The summed E-state index contributed by atoms with van der Waals surface area (Å²) in [7, 11) is 0. The Kier molecular flexibility index (Phi) is 2.75. The van der Waals surface area contributed by atoms with E-state index in [1.54, 1.807) is 11.3 Å². The second-order valence-electron chi connectivity index (χ2n) is 3.08. The number of hydrogen-bond acceptors (Lipinski definition) is 2. The number of rotatable bonds is 1. The van der Waals surface area contributed by atoms with Gasteiger partial charge in [0.05, 0.1) is 12.5 Å². The number of benzene rings is 1. The zero-order valence-corrected chi connectivity index (χ0v) is 10.6. The van der Waals surface area contributed by atoms with Gasteiger partial charge in [0.25, 0.3) is 0 Å². The Hall–Kier alpha value is -0.600. The van der Waals surface area contributed by atoms with E-state index >= 15 is 0 Å². The lowest BCUT2D eigenvalue weighted by Gasteiger charge is -1.97. The number of nitrogens with zero attached hydrogens (tertiary/aromatic N) is 1. The molecule has 3 heteroatoms. The Balaban J connectivity index is 2.81. The van der Waals surface area contributed by atoms with Gasteiger partial charge in [-0.1, -0.05) is 6.07 Å². The van der Waals surface area contributed by atoms with E-state index in [0.717, 1.165) is 0 Å². The van der Waals surface area contributed by atoms with Crippen LogP contribution in [0.2, 0.25) is 0 Å². The lowest BCUT2D eigenvalue weighted by Crippen LogP contribution is -1.83. The van der Waals surface area contributed by atoms with Crippen molar-refractivity contribution in [3.05, 3.63) is 32.2 Å². The third kappa shape index (κ3) is 1.53. The van der Waals surface area contributed by atoms with E-state index in [4.69, 9.17) is 5.26 Å². The number of hydrogen-bond donors (Lipinski definition) is 0. The maximum atomic E-state index is 8.77. The van der Waals surface area contributed by atoms with Crippen LogP contribution in [0.3, 0.4) is 0 Å². The van der Waals surface area contributed by atoms with E-state index in [9.17, 15) is 0 Å². The molecule has 0 aliphatic heterocycles. The van der Waals surface area contributed by atoms with Crippen molar-refractivity contribution in [1.29, 1.82) is 5.26 Å². The smallest absolute Gasteiger partial charge is 0.0670 e. The first-order chi connectivity index (χ1) is 6.74. The highest BCUT2D eigenvalue weighted by atomic mass is 127. The minimum absolute atomic E-state index is 0.520. The van der Waals surface area contributed by atoms with Crippen LogP contribution in [0.1, 0.15) is 10.4 Å². The van der Waals surface area contributed by atoms with Gasteiger partial charge < -0.3 is 0 Å². The van der Waals surface area contributed by atoms with Crippen LogP contribution in [0.25, 0.3) is 10.1 Å². The first-order valence-electron chi connectivity index (χ1n) is 4.27. The molecule has 0 saturated carbocycles. The van der Waals surface area contributed by atoms with Crippen LogP contribution in [0, 0.1) is 21.8 Å². The fourth-order valence-corrected chi connectivity index (χ4v) is 3.69. The number of nitriles is 1. The lowest BCUT2D eigenvalue weighted by atomic mass is 10.1. The molecule has 0 unspecified atom stereocenters. The minimum atomic E-state index is 0.520. The molecule has 2 rings (SSSR count). The molecule has 14 heavy (non-hydrogen) atoms. The molecule has 0 radical (unpaired) electrons. The standard InChI is InChI=1S/C11H8INS/c1-7-8(5-6-13)11-9(12)3-2-4-10(11)14-7/h2-4H,5H2,1H3. The number of thiophene rings is 1. The fraction of sp³-hybridized carbons (Fsp3) is 0.182. The van der Waals surface area contributed by atoms with E-state index in [2.05, 4.69) is 53.8 Å². The SMILES string of the molecule is Cc1sc2cccc(I)c2c1CC#N. The number of halogens is 1. The van der Waals surface area contributed by atoms with Gasteiger partial charge in [-0.3, -0.25) is 0 Å². The average Bonchev–Trinajstić information content (AvgIpc) is 2.45. The first kappa shape index (κ1) is 9.94. The normalized spacial score (nSPS) is 10.4. The summed E-state index contributed by atoms with van der Waals surface area (Å²) < 4.78 is 2.54. The molecule has 0 atom stereocenters. The summed E-state index contributed by atoms with van der Waals surface area (Å²) in [4.78, 5) is 1.27. The van der Waals surface area contributed by atoms with Gasteiger partial charge >= 0.3 is 0 Å². The van der Waals surface area contributed by atoms with Crippen molar-refractivity contribution in [2.24, 2.45) is 0 Å². The summed E-state index contributed by atoms with van der Waals surface area (Å²) in [5, 5.41) is 10.0. The summed E-state index contributed by atoms with van der Waals surface area (Å²) in [5.41, 5.74) is 1.21. The molecule has 2 aromatic rings. The molecule has 0 saturated heterocycles. The van der Waals surface area contributed by atoms with Crippen LogP contribution < -0.4 is 0 Å². The Morgan fingerprint density at radius 1 is 1.50 bits per heavy atom. The molecule has 0 bridgehead atoms. The highest BCUT2D eigenvalue weighted by Crippen LogP contribution is 2.33. The van der Waals surface area contributed by atoms with Crippen LogP contribution in [-0.4, -0.2) is 0 Å². The Labute approximate surface area is 101 Å². The molecule has 1 nitrogen and oxygen atoms in total. The zero-order chi connectivity index (χ0) is 10.1. The van der Waals surface area contributed by atoms with Crippen molar-refractivity contribution < 1.29 is 0 Å². The minimum Gasteiger partial charge on any atom is -0.198 e. The second-order valence-corrected chi connectivity index (χ2v) is 5.50. The first-order valence-corrected chi connectivity index (χ1v) is 6.17. The van der Waals surface area contributed by atoms with E-state index in [0.29, 0.717) is 6.42 Å². The average molecular weight is 313 g/mol. The highest BCUT2D eigenvalue weighted by molar-refractivity contribution is 14.1. The van der Waals surface area contributed by atoms with Gasteiger partial charge in [0, 0.05) is 18.5 Å².